The van der Waals surface area contributed by atoms with Crippen molar-refractivity contribution in [2.75, 3.05) is 5.32 Å². The Balaban J connectivity index is 2.10. The van der Waals surface area contributed by atoms with Crippen molar-refractivity contribution in [1.29, 1.82) is 5.26 Å². The number of halogens is 1. The summed E-state index contributed by atoms with van der Waals surface area (Å²) in [6, 6.07) is 8.79. The lowest BCUT2D eigenvalue weighted by atomic mass is 10.3. The summed E-state index contributed by atoms with van der Waals surface area (Å²) in [4.78, 5) is 4.05. The fraction of sp³-hybridized carbons (Fsp3) is 0.0909. The van der Waals surface area contributed by atoms with E-state index >= 15 is 0 Å². The molecular formula is C11H8ClN5. The van der Waals surface area contributed by atoms with Gasteiger partial charge in [-0.15, -0.1) is 0 Å². The molecule has 2 heterocycles. The molecule has 0 saturated carbocycles. The van der Waals surface area contributed by atoms with Gasteiger partial charge in [0.05, 0.1) is 23.9 Å². The lowest BCUT2D eigenvalue weighted by Crippen LogP contribution is -2.04. The molecule has 0 fully saturated rings. The van der Waals surface area contributed by atoms with Crippen LogP contribution in [0.4, 0.5) is 5.82 Å². The molecule has 5 nitrogen and oxygen atoms in total. The van der Waals surface area contributed by atoms with Crippen molar-refractivity contribution in [3.63, 3.8) is 0 Å². The predicted molar refractivity (Wildman–Crippen MR) is 63.3 cm³/mol. The maximum atomic E-state index is 8.79. The molecule has 0 bridgehead atoms. The molecule has 0 unspecified atom stereocenters. The van der Waals surface area contributed by atoms with E-state index < -0.39 is 0 Å². The average Bonchev–Trinajstić information content (AvgIpc) is 2.37. The van der Waals surface area contributed by atoms with Gasteiger partial charge in [0.25, 0.3) is 0 Å². The Kier molecular flexibility index (Phi) is 3.48. The molecule has 6 heteroatoms. The van der Waals surface area contributed by atoms with Crippen molar-refractivity contribution in [1.82, 2.24) is 15.2 Å². The first-order valence-corrected chi connectivity index (χ1v) is 5.24. The van der Waals surface area contributed by atoms with Crippen molar-refractivity contribution in [2.45, 2.75) is 6.54 Å². The van der Waals surface area contributed by atoms with Crippen LogP contribution in [0.25, 0.3) is 0 Å². The van der Waals surface area contributed by atoms with Gasteiger partial charge in [0.1, 0.15) is 11.0 Å². The smallest absolute Gasteiger partial charge is 0.132 e. The maximum Gasteiger partial charge on any atom is 0.132 e. The lowest BCUT2D eigenvalue weighted by molar-refractivity contribution is 0.920. The summed E-state index contributed by atoms with van der Waals surface area (Å²) in [6.45, 7) is 0.478. The van der Waals surface area contributed by atoms with E-state index in [1.54, 1.807) is 18.3 Å². The van der Waals surface area contributed by atoms with Gasteiger partial charge in [0.2, 0.25) is 0 Å². The zero-order chi connectivity index (χ0) is 12.1. The Morgan fingerprint density at radius 2 is 2.29 bits per heavy atom. The summed E-state index contributed by atoms with van der Waals surface area (Å²) >= 11 is 5.78. The number of hydrogen-bond donors (Lipinski definition) is 1. The fourth-order valence-corrected chi connectivity index (χ4v) is 1.47. The monoisotopic (exact) mass is 245 g/mol. The summed E-state index contributed by atoms with van der Waals surface area (Å²) in [5.74, 6) is 0.541. The molecule has 0 amide bonds. The molecule has 84 valence electrons. The first-order valence-electron chi connectivity index (χ1n) is 4.86. The number of nitrogens with zero attached hydrogens (tertiary/aromatic N) is 4. The van der Waals surface area contributed by atoms with Crippen LogP contribution in [-0.2, 0) is 6.54 Å². The van der Waals surface area contributed by atoms with Crippen LogP contribution in [0.15, 0.2) is 30.5 Å². The summed E-state index contributed by atoms with van der Waals surface area (Å²) in [7, 11) is 0. The van der Waals surface area contributed by atoms with E-state index in [0.717, 1.165) is 5.69 Å². The Bertz CT molecular complexity index is 550. The molecule has 1 N–H and O–H groups in total. The van der Waals surface area contributed by atoms with Crippen molar-refractivity contribution in [3.05, 3.63) is 46.9 Å². The van der Waals surface area contributed by atoms with Gasteiger partial charge in [-0.2, -0.15) is 15.5 Å². The molecule has 0 aliphatic rings. The predicted octanol–water partition coefficient (Wildman–Crippen LogP) is 2.01. The Labute approximate surface area is 103 Å². The molecule has 0 radical (unpaired) electrons. The molecule has 2 rings (SSSR count). The van der Waals surface area contributed by atoms with E-state index in [1.807, 2.05) is 12.1 Å². The van der Waals surface area contributed by atoms with Gasteiger partial charge in [0, 0.05) is 6.20 Å². The number of aromatic nitrogens is 3. The van der Waals surface area contributed by atoms with Gasteiger partial charge in [-0.25, -0.2) is 4.98 Å². The maximum absolute atomic E-state index is 8.79. The highest BCUT2D eigenvalue weighted by Gasteiger charge is 2.01. The first-order chi connectivity index (χ1) is 8.28. The number of anilines is 1. The Morgan fingerprint density at radius 3 is 3.00 bits per heavy atom. The van der Waals surface area contributed by atoms with Crippen LogP contribution in [0.5, 0.6) is 0 Å². The van der Waals surface area contributed by atoms with Gasteiger partial charge >= 0.3 is 0 Å². The lowest BCUT2D eigenvalue weighted by Gasteiger charge is -2.05. The van der Waals surface area contributed by atoms with Crippen molar-refractivity contribution in [3.8, 4) is 6.07 Å². The van der Waals surface area contributed by atoms with Gasteiger partial charge in [-0.1, -0.05) is 11.6 Å². The Morgan fingerprint density at radius 1 is 1.41 bits per heavy atom. The van der Waals surface area contributed by atoms with E-state index in [0.29, 0.717) is 17.9 Å². The molecule has 0 aliphatic heterocycles. The second-order valence-corrected chi connectivity index (χ2v) is 3.63. The number of pyridine rings is 1. The number of nitriles is 1. The number of nitrogens with one attached hydrogen (secondary N) is 1. The van der Waals surface area contributed by atoms with E-state index in [4.69, 9.17) is 16.9 Å². The van der Waals surface area contributed by atoms with E-state index in [-0.39, 0.29) is 5.15 Å². The van der Waals surface area contributed by atoms with Crippen molar-refractivity contribution >= 4 is 17.4 Å². The highest BCUT2D eigenvalue weighted by molar-refractivity contribution is 6.29. The average molecular weight is 246 g/mol. The molecule has 0 atom stereocenters. The van der Waals surface area contributed by atoms with Crippen LogP contribution < -0.4 is 5.32 Å². The molecule has 0 aromatic carbocycles. The fourth-order valence-electron chi connectivity index (χ4n) is 1.26. The van der Waals surface area contributed by atoms with E-state index in [2.05, 4.69) is 20.5 Å². The zero-order valence-electron chi connectivity index (χ0n) is 8.76. The minimum Gasteiger partial charge on any atom is -0.364 e. The van der Waals surface area contributed by atoms with Crippen molar-refractivity contribution in [2.24, 2.45) is 0 Å². The summed E-state index contributed by atoms with van der Waals surface area (Å²) in [5, 5.41) is 19.8. The van der Waals surface area contributed by atoms with Crippen LogP contribution in [0, 0.1) is 11.3 Å². The second kappa shape index (κ2) is 5.23. The van der Waals surface area contributed by atoms with Gasteiger partial charge in [0.15, 0.2) is 0 Å². The molecule has 0 spiro atoms. The van der Waals surface area contributed by atoms with Crippen LogP contribution in [0.2, 0.25) is 5.15 Å². The molecule has 0 aliphatic carbocycles. The highest BCUT2D eigenvalue weighted by atomic mass is 35.5. The third-order valence-electron chi connectivity index (χ3n) is 2.00. The number of rotatable bonds is 3. The molecule has 2 aromatic heterocycles. The molecule has 2 aromatic rings. The summed E-state index contributed by atoms with van der Waals surface area (Å²) in [5.41, 5.74) is 1.25. The van der Waals surface area contributed by atoms with Crippen molar-refractivity contribution < 1.29 is 0 Å². The third-order valence-corrected chi connectivity index (χ3v) is 2.19. The van der Waals surface area contributed by atoms with Crippen LogP contribution in [0.1, 0.15) is 11.3 Å². The standard InChI is InChI=1S/C11H8ClN5/c12-10-4-8(6-13)5-11(16-10)14-7-9-2-1-3-15-17-9/h1-5H,7H2,(H,14,16). The second-order valence-electron chi connectivity index (χ2n) is 3.24. The first kappa shape index (κ1) is 11.3. The topological polar surface area (TPSA) is 74.5 Å². The van der Waals surface area contributed by atoms with Crippen LogP contribution >= 0.6 is 11.6 Å². The Hall–Kier alpha value is -2.19. The quantitative estimate of drug-likeness (QED) is 0.838. The van der Waals surface area contributed by atoms with Gasteiger partial charge < -0.3 is 5.32 Å². The highest BCUT2D eigenvalue weighted by Crippen LogP contribution is 2.14. The van der Waals surface area contributed by atoms with E-state index in [9.17, 15) is 0 Å². The summed E-state index contributed by atoms with van der Waals surface area (Å²) in [6.07, 6.45) is 1.61. The van der Waals surface area contributed by atoms with E-state index in [1.165, 1.54) is 6.07 Å². The van der Waals surface area contributed by atoms with Gasteiger partial charge in [-0.3, -0.25) is 0 Å². The van der Waals surface area contributed by atoms with Gasteiger partial charge in [-0.05, 0) is 24.3 Å². The zero-order valence-corrected chi connectivity index (χ0v) is 9.52. The minimum atomic E-state index is 0.283. The van der Waals surface area contributed by atoms with Crippen LogP contribution in [0.3, 0.4) is 0 Å². The molecule has 0 saturated heterocycles. The molecular weight excluding hydrogens is 238 g/mol. The normalized spacial score (nSPS) is 9.65. The SMILES string of the molecule is N#Cc1cc(Cl)nc(NCc2cccnn2)c1. The van der Waals surface area contributed by atoms with Crippen LogP contribution in [-0.4, -0.2) is 15.2 Å². The number of hydrogen-bond acceptors (Lipinski definition) is 5. The molecule has 17 heavy (non-hydrogen) atoms. The largest absolute Gasteiger partial charge is 0.364 e. The third kappa shape index (κ3) is 3.13. The summed E-state index contributed by atoms with van der Waals surface area (Å²) < 4.78 is 0. The minimum absolute atomic E-state index is 0.283.